The van der Waals surface area contributed by atoms with Gasteiger partial charge in [-0.25, -0.2) is 0 Å². The molecule has 2 atom stereocenters. The topological polar surface area (TPSA) is 44.0 Å². The van der Waals surface area contributed by atoms with Crippen LogP contribution in [0.25, 0.3) is 0 Å². The summed E-state index contributed by atoms with van der Waals surface area (Å²) in [6.07, 6.45) is 4.33. The van der Waals surface area contributed by atoms with Gasteiger partial charge in [-0.15, -0.1) is 0 Å². The van der Waals surface area contributed by atoms with Crippen molar-refractivity contribution in [3.8, 4) is 0 Å². The van der Waals surface area contributed by atoms with Gasteiger partial charge in [-0.2, -0.15) is 5.10 Å². The average Bonchev–Trinajstić information content (AvgIpc) is 3.03. The van der Waals surface area contributed by atoms with Gasteiger partial charge in [0.2, 0.25) is 0 Å². The SMILES string of the molecule is CC(NC1CCCN(Cc2ccccc2)C1)c1ccn[nH]1. The Kier molecular flexibility index (Phi) is 4.68. The van der Waals surface area contributed by atoms with Crippen LogP contribution in [0.5, 0.6) is 0 Å². The smallest absolute Gasteiger partial charge is 0.0518 e. The molecule has 1 aromatic heterocycles. The van der Waals surface area contributed by atoms with E-state index >= 15 is 0 Å². The number of nitrogens with zero attached hydrogens (tertiary/aromatic N) is 2. The lowest BCUT2D eigenvalue weighted by molar-refractivity contribution is 0.177. The van der Waals surface area contributed by atoms with Gasteiger partial charge in [0.05, 0.1) is 5.69 Å². The maximum atomic E-state index is 4.03. The van der Waals surface area contributed by atoms with Crippen molar-refractivity contribution in [2.75, 3.05) is 13.1 Å². The summed E-state index contributed by atoms with van der Waals surface area (Å²) in [5, 5.41) is 10.8. The number of aromatic nitrogens is 2. The fourth-order valence-electron chi connectivity index (χ4n) is 3.13. The Balaban J connectivity index is 1.53. The summed E-state index contributed by atoms with van der Waals surface area (Å²) in [6.45, 7) is 5.57. The summed E-state index contributed by atoms with van der Waals surface area (Å²) >= 11 is 0. The van der Waals surface area contributed by atoms with Crippen LogP contribution in [-0.2, 0) is 6.54 Å². The number of H-pyrrole nitrogens is 1. The maximum absolute atomic E-state index is 4.03. The minimum Gasteiger partial charge on any atom is -0.305 e. The third kappa shape index (κ3) is 3.93. The van der Waals surface area contributed by atoms with E-state index in [2.05, 4.69) is 57.7 Å². The monoisotopic (exact) mass is 284 g/mol. The lowest BCUT2D eigenvalue weighted by atomic mass is 10.0. The van der Waals surface area contributed by atoms with E-state index in [1.165, 1.54) is 24.9 Å². The number of hydrogen-bond acceptors (Lipinski definition) is 3. The molecular weight excluding hydrogens is 260 g/mol. The van der Waals surface area contributed by atoms with Crippen molar-refractivity contribution in [3.05, 3.63) is 53.9 Å². The zero-order valence-corrected chi connectivity index (χ0v) is 12.6. The van der Waals surface area contributed by atoms with Gasteiger partial charge in [-0.3, -0.25) is 10.00 Å². The van der Waals surface area contributed by atoms with E-state index in [4.69, 9.17) is 0 Å². The molecular formula is C17H24N4. The predicted octanol–water partition coefficient (Wildman–Crippen LogP) is 2.72. The van der Waals surface area contributed by atoms with Crippen molar-refractivity contribution < 1.29 is 0 Å². The summed E-state index contributed by atoms with van der Waals surface area (Å²) in [5.41, 5.74) is 2.56. The summed E-state index contributed by atoms with van der Waals surface area (Å²) in [7, 11) is 0. The molecule has 2 heterocycles. The average molecular weight is 284 g/mol. The Hall–Kier alpha value is -1.65. The van der Waals surface area contributed by atoms with E-state index in [1.54, 1.807) is 0 Å². The van der Waals surface area contributed by atoms with E-state index in [0.29, 0.717) is 12.1 Å². The van der Waals surface area contributed by atoms with Crippen molar-refractivity contribution >= 4 is 0 Å². The Morgan fingerprint density at radius 1 is 1.33 bits per heavy atom. The molecule has 0 amide bonds. The van der Waals surface area contributed by atoms with Crippen LogP contribution in [0.15, 0.2) is 42.6 Å². The number of nitrogens with one attached hydrogen (secondary N) is 2. The Bertz CT molecular complexity index is 523. The van der Waals surface area contributed by atoms with Gasteiger partial charge in [0, 0.05) is 31.4 Å². The highest BCUT2D eigenvalue weighted by atomic mass is 15.2. The molecule has 2 unspecified atom stereocenters. The number of rotatable bonds is 5. The van der Waals surface area contributed by atoms with Gasteiger partial charge < -0.3 is 5.32 Å². The lowest BCUT2D eigenvalue weighted by Gasteiger charge is -2.34. The molecule has 21 heavy (non-hydrogen) atoms. The normalized spacial score (nSPS) is 21.3. The van der Waals surface area contributed by atoms with E-state index in [-0.39, 0.29) is 0 Å². The van der Waals surface area contributed by atoms with Crippen LogP contribution < -0.4 is 5.32 Å². The highest BCUT2D eigenvalue weighted by Gasteiger charge is 2.21. The molecule has 2 N–H and O–H groups in total. The molecule has 1 saturated heterocycles. The maximum Gasteiger partial charge on any atom is 0.0518 e. The number of benzene rings is 1. The van der Waals surface area contributed by atoms with E-state index in [0.717, 1.165) is 18.8 Å². The zero-order chi connectivity index (χ0) is 14.5. The van der Waals surface area contributed by atoms with Crippen LogP contribution in [-0.4, -0.2) is 34.2 Å². The van der Waals surface area contributed by atoms with Crippen LogP contribution in [0.2, 0.25) is 0 Å². The number of piperidine rings is 1. The van der Waals surface area contributed by atoms with Crippen LogP contribution in [0.3, 0.4) is 0 Å². The first-order chi connectivity index (χ1) is 10.3. The predicted molar refractivity (Wildman–Crippen MR) is 84.9 cm³/mol. The highest BCUT2D eigenvalue weighted by Crippen LogP contribution is 2.17. The molecule has 112 valence electrons. The second kappa shape index (κ2) is 6.87. The minimum absolute atomic E-state index is 0.328. The van der Waals surface area contributed by atoms with E-state index in [9.17, 15) is 0 Å². The fraction of sp³-hybridized carbons (Fsp3) is 0.471. The first-order valence-corrected chi connectivity index (χ1v) is 7.83. The summed E-state index contributed by atoms with van der Waals surface area (Å²) in [5.74, 6) is 0. The fourth-order valence-corrected chi connectivity index (χ4v) is 3.13. The summed E-state index contributed by atoms with van der Waals surface area (Å²) < 4.78 is 0. The standard InChI is InChI=1S/C17H24N4/c1-14(17-9-10-18-20-17)19-16-8-5-11-21(13-16)12-15-6-3-2-4-7-15/h2-4,6-7,9-10,14,16,19H,5,8,11-13H2,1H3,(H,18,20). The van der Waals surface area contributed by atoms with Gasteiger partial charge in [-0.1, -0.05) is 30.3 Å². The largest absolute Gasteiger partial charge is 0.305 e. The minimum atomic E-state index is 0.328. The Morgan fingerprint density at radius 2 is 2.19 bits per heavy atom. The molecule has 0 radical (unpaired) electrons. The van der Waals surface area contributed by atoms with Crippen molar-refractivity contribution in [2.45, 2.75) is 38.4 Å². The zero-order valence-electron chi connectivity index (χ0n) is 12.6. The molecule has 4 heteroatoms. The van der Waals surface area contributed by atoms with Gasteiger partial charge in [0.15, 0.2) is 0 Å². The molecule has 1 aliphatic heterocycles. The Morgan fingerprint density at radius 3 is 2.95 bits per heavy atom. The molecule has 1 aliphatic rings. The van der Waals surface area contributed by atoms with Gasteiger partial charge in [-0.05, 0) is 37.9 Å². The molecule has 0 saturated carbocycles. The Labute approximate surface area is 126 Å². The van der Waals surface area contributed by atoms with Crippen molar-refractivity contribution in [1.29, 1.82) is 0 Å². The van der Waals surface area contributed by atoms with Gasteiger partial charge in [0.1, 0.15) is 0 Å². The quantitative estimate of drug-likeness (QED) is 0.887. The van der Waals surface area contributed by atoms with Crippen LogP contribution >= 0.6 is 0 Å². The van der Waals surface area contributed by atoms with E-state index < -0.39 is 0 Å². The molecule has 0 aliphatic carbocycles. The number of aromatic amines is 1. The van der Waals surface area contributed by atoms with Gasteiger partial charge in [0.25, 0.3) is 0 Å². The lowest BCUT2D eigenvalue weighted by Crippen LogP contribution is -2.46. The molecule has 0 bridgehead atoms. The molecule has 0 spiro atoms. The molecule has 4 nitrogen and oxygen atoms in total. The van der Waals surface area contributed by atoms with E-state index in [1.807, 2.05) is 12.3 Å². The first-order valence-electron chi connectivity index (χ1n) is 7.83. The summed E-state index contributed by atoms with van der Waals surface area (Å²) in [6, 6.07) is 13.7. The third-order valence-electron chi connectivity index (χ3n) is 4.23. The second-order valence-corrected chi connectivity index (χ2v) is 5.96. The molecule has 1 fully saturated rings. The molecule has 2 aromatic rings. The molecule has 1 aromatic carbocycles. The van der Waals surface area contributed by atoms with Crippen molar-refractivity contribution in [2.24, 2.45) is 0 Å². The highest BCUT2D eigenvalue weighted by molar-refractivity contribution is 5.14. The van der Waals surface area contributed by atoms with Crippen molar-refractivity contribution in [1.82, 2.24) is 20.4 Å². The van der Waals surface area contributed by atoms with Crippen molar-refractivity contribution in [3.63, 3.8) is 0 Å². The first kappa shape index (κ1) is 14.3. The number of hydrogen-bond donors (Lipinski definition) is 2. The van der Waals surface area contributed by atoms with Crippen LogP contribution in [0.4, 0.5) is 0 Å². The summed E-state index contributed by atoms with van der Waals surface area (Å²) in [4.78, 5) is 2.55. The third-order valence-corrected chi connectivity index (χ3v) is 4.23. The van der Waals surface area contributed by atoms with Crippen LogP contribution in [0, 0.1) is 0 Å². The number of likely N-dealkylation sites (tertiary alicyclic amines) is 1. The van der Waals surface area contributed by atoms with Gasteiger partial charge >= 0.3 is 0 Å². The second-order valence-electron chi connectivity index (χ2n) is 5.96. The van der Waals surface area contributed by atoms with Crippen LogP contribution in [0.1, 0.15) is 37.1 Å². The molecule has 3 rings (SSSR count).